The van der Waals surface area contributed by atoms with Crippen LogP contribution < -0.4 is 0 Å². The minimum absolute atomic E-state index is 0.0524. The van der Waals surface area contributed by atoms with E-state index < -0.39 is 14.7 Å². The minimum Gasteiger partial charge on any atom is -0.460 e. The monoisotopic (exact) mass is 270 g/mol. The molecule has 0 saturated carbocycles. The van der Waals surface area contributed by atoms with E-state index in [2.05, 4.69) is 0 Å². The Balaban J connectivity index is 3.97. The van der Waals surface area contributed by atoms with E-state index in [1.807, 2.05) is 0 Å². The summed E-state index contributed by atoms with van der Waals surface area (Å²) in [5, 5.41) is 0. The number of halogens is 1. The molecular formula is C10H19ClO4S. The van der Waals surface area contributed by atoms with E-state index in [1.54, 1.807) is 27.7 Å². The first-order valence-corrected chi connectivity index (χ1v) is 7.61. The zero-order chi connectivity index (χ0) is 13.0. The van der Waals surface area contributed by atoms with E-state index in [1.165, 1.54) is 0 Å². The molecule has 4 nitrogen and oxygen atoms in total. The summed E-state index contributed by atoms with van der Waals surface area (Å²) in [7, 11) is 1.61. The molecule has 16 heavy (non-hydrogen) atoms. The first-order valence-electron chi connectivity index (χ1n) is 5.14. The molecule has 0 amide bonds. The normalized spacial score (nSPS) is 14.6. The van der Waals surface area contributed by atoms with Gasteiger partial charge >= 0.3 is 5.97 Å². The number of hydrogen-bond acceptors (Lipinski definition) is 4. The van der Waals surface area contributed by atoms with Crippen LogP contribution in [0.25, 0.3) is 0 Å². The molecule has 0 spiro atoms. The molecule has 0 aliphatic carbocycles. The van der Waals surface area contributed by atoms with Crippen molar-refractivity contribution in [2.24, 2.45) is 5.92 Å². The van der Waals surface area contributed by atoms with Gasteiger partial charge in [-0.3, -0.25) is 4.79 Å². The third kappa shape index (κ3) is 10.2. The van der Waals surface area contributed by atoms with Crippen molar-refractivity contribution in [3.8, 4) is 0 Å². The molecule has 0 N–H and O–H groups in total. The Bertz CT molecular complexity index is 329. The Hall–Kier alpha value is -0.290. The largest absolute Gasteiger partial charge is 0.460 e. The predicted octanol–water partition coefficient (Wildman–Crippen LogP) is 2.31. The Labute approximate surface area is 102 Å². The summed E-state index contributed by atoms with van der Waals surface area (Å²) < 4.78 is 26.5. The number of esters is 1. The molecule has 1 atom stereocenters. The van der Waals surface area contributed by atoms with Crippen LogP contribution in [0.4, 0.5) is 0 Å². The Morgan fingerprint density at radius 3 is 2.25 bits per heavy atom. The zero-order valence-corrected chi connectivity index (χ0v) is 11.7. The average molecular weight is 271 g/mol. The van der Waals surface area contributed by atoms with Gasteiger partial charge in [0, 0.05) is 17.1 Å². The van der Waals surface area contributed by atoms with Crippen LogP contribution in [0.1, 0.15) is 40.5 Å². The molecule has 0 aliphatic heterocycles. The highest BCUT2D eigenvalue weighted by molar-refractivity contribution is 8.13. The quantitative estimate of drug-likeness (QED) is 0.568. The molecule has 0 aliphatic rings. The lowest BCUT2D eigenvalue weighted by Crippen LogP contribution is -2.25. The van der Waals surface area contributed by atoms with Gasteiger partial charge in [0.15, 0.2) is 0 Å². The zero-order valence-electron chi connectivity index (χ0n) is 10.1. The van der Waals surface area contributed by atoms with Crippen LogP contribution in [-0.2, 0) is 18.6 Å². The lowest BCUT2D eigenvalue weighted by atomic mass is 10.1. The molecule has 1 unspecified atom stereocenters. The fraction of sp³-hybridized carbons (Fsp3) is 0.900. The summed E-state index contributed by atoms with van der Waals surface area (Å²) >= 11 is 0. The van der Waals surface area contributed by atoms with Gasteiger partial charge in [-0.25, -0.2) is 8.42 Å². The van der Waals surface area contributed by atoms with Gasteiger partial charge in [0.1, 0.15) is 5.60 Å². The van der Waals surface area contributed by atoms with Crippen molar-refractivity contribution in [1.29, 1.82) is 0 Å². The van der Waals surface area contributed by atoms with Gasteiger partial charge in [0.05, 0.1) is 5.75 Å². The average Bonchev–Trinajstić information content (AvgIpc) is 1.95. The van der Waals surface area contributed by atoms with Crippen molar-refractivity contribution in [2.75, 3.05) is 5.75 Å². The number of carbonyl (C=O) groups is 1. The topological polar surface area (TPSA) is 60.4 Å². The second-order valence-corrected chi connectivity index (χ2v) is 7.82. The van der Waals surface area contributed by atoms with E-state index in [-0.39, 0.29) is 24.1 Å². The standard InChI is InChI=1S/C10H19ClO4S/c1-8(5-6-16(11,13)14)7-9(12)15-10(2,3)4/h8H,5-7H2,1-4H3. The van der Waals surface area contributed by atoms with Crippen molar-refractivity contribution in [1.82, 2.24) is 0 Å². The molecule has 0 fully saturated rings. The molecule has 0 rings (SSSR count). The van der Waals surface area contributed by atoms with Crippen molar-refractivity contribution >= 4 is 25.7 Å². The molecule has 0 aromatic rings. The summed E-state index contributed by atoms with van der Waals surface area (Å²) in [4.78, 5) is 11.4. The fourth-order valence-electron chi connectivity index (χ4n) is 1.11. The van der Waals surface area contributed by atoms with Gasteiger partial charge in [-0.2, -0.15) is 0 Å². The summed E-state index contributed by atoms with van der Waals surface area (Å²) in [6.45, 7) is 7.17. The molecule has 0 aromatic carbocycles. The van der Waals surface area contributed by atoms with Crippen molar-refractivity contribution < 1.29 is 17.9 Å². The maximum atomic E-state index is 11.4. The predicted molar refractivity (Wildman–Crippen MR) is 63.9 cm³/mol. The second kappa shape index (κ2) is 5.87. The smallest absolute Gasteiger partial charge is 0.306 e. The van der Waals surface area contributed by atoms with Crippen LogP contribution in [0.2, 0.25) is 0 Å². The SMILES string of the molecule is CC(CCS(=O)(=O)Cl)CC(=O)OC(C)(C)C. The second-order valence-electron chi connectivity index (χ2n) is 4.93. The lowest BCUT2D eigenvalue weighted by Gasteiger charge is -2.20. The molecular weight excluding hydrogens is 252 g/mol. The molecule has 0 bridgehead atoms. The van der Waals surface area contributed by atoms with E-state index in [0.29, 0.717) is 6.42 Å². The number of rotatable bonds is 5. The summed E-state index contributed by atoms with van der Waals surface area (Å²) in [6, 6.07) is 0. The van der Waals surface area contributed by atoms with Crippen LogP contribution in [0.3, 0.4) is 0 Å². The highest BCUT2D eigenvalue weighted by Crippen LogP contribution is 2.15. The Morgan fingerprint density at radius 1 is 1.38 bits per heavy atom. The van der Waals surface area contributed by atoms with Gasteiger partial charge in [-0.05, 0) is 33.1 Å². The van der Waals surface area contributed by atoms with Crippen LogP contribution in [0.5, 0.6) is 0 Å². The van der Waals surface area contributed by atoms with Gasteiger partial charge in [-0.15, -0.1) is 0 Å². The van der Waals surface area contributed by atoms with Gasteiger partial charge in [0.2, 0.25) is 9.05 Å². The fourth-order valence-corrected chi connectivity index (χ4v) is 2.06. The summed E-state index contributed by atoms with van der Waals surface area (Å²) in [5.74, 6) is -0.478. The summed E-state index contributed by atoms with van der Waals surface area (Å²) in [6.07, 6.45) is 0.578. The van der Waals surface area contributed by atoms with Gasteiger partial charge < -0.3 is 4.74 Å². The van der Waals surface area contributed by atoms with Crippen LogP contribution in [-0.4, -0.2) is 25.7 Å². The third-order valence-electron chi connectivity index (χ3n) is 1.79. The van der Waals surface area contributed by atoms with Crippen LogP contribution in [0.15, 0.2) is 0 Å². The maximum Gasteiger partial charge on any atom is 0.306 e. The highest BCUT2D eigenvalue weighted by atomic mass is 35.7. The van der Waals surface area contributed by atoms with Crippen molar-refractivity contribution in [2.45, 2.75) is 46.1 Å². The maximum absolute atomic E-state index is 11.4. The van der Waals surface area contributed by atoms with Gasteiger partial charge in [0.25, 0.3) is 0 Å². The van der Waals surface area contributed by atoms with Crippen molar-refractivity contribution in [3.63, 3.8) is 0 Å². The first-order chi connectivity index (χ1) is 6.99. The van der Waals surface area contributed by atoms with E-state index >= 15 is 0 Å². The lowest BCUT2D eigenvalue weighted by molar-refractivity contribution is -0.155. The van der Waals surface area contributed by atoms with E-state index in [4.69, 9.17) is 15.4 Å². The molecule has 0 aromatic heterocycles. The molecule has 6 heteroatoms. The molecule has 0 radical (unpaired) electrons. The van der Waals surface area contributed by atoms with Crippen molar-refractivity contribution in [3.05, 3.63) is 0 Å². The number of hydrogen-bond donors (Lipinski definition) is 0. The van der Waals surface area contributed by atoms with E-state index in [0.717, 1.165) is 0 Å². The van der Waals surface area contributed by atoms with E-state index in [9.17, 15) is 13.2 Å². The minimum atomic E-state index is -3.47. The molecule has 96 valence electrons. The highest BCUT2D eigenvalue weighted by Gasteiger charge is 2.19. The molecule has 0 heterocycles. The van der Waals surface area contributed by atoms with Crippen LogP contribution >= 0.6 is 10.7 Å². The Kier molecular flexibility index (Phi) is 5.76. The number of carbonyl (C=O) groups excluding carboxylic acids is 1. The molecule has 0 saturated heterocycles. The Morgan fingerprint density at radius 2 is 1.88 bits per heavy atom. The van der Waals surface area contributed by atoms with Crippen LogP contribution in [0, 0.1) is 5.92 Å². The first kappa shape index (κ1) is 15.7. The third-order valence-corrected chi connectivity index (χ3v) is 2.98. The van der Waals surface area contributed by atoms with Gasteiger partial charge in [-0.1, -0.05) is 6.92 Å². The number of ether oxygens (including phenoxy) is 1. The summed E-state index contributed by atoms with van der Waals surface area (Å²) in [5.41, 5.74) is -0.505.